The Kier molecular flexibility index (Phi) is 5.46. The number of carbonyl (C=O) groups excluding carboxylic acids is 1. The van der Waals surface area contributed by atoms with Crippen LogP contribution in [0.4, 0.5) is 5.95 Å². The number of nitrogens with one attached hydrogen (secondary N) is 1. The van der Waals surface area contributed by atoms with Crippen molar-refractivity contribution in [3.8, 4) is 11.5 Å². The molecule has 0 fully saturated rings. The number of halogens is 1. The van der Waals surface area contributed by atoms with Gasteiger partial charge in [-0.1, -0.05) is 29.8 Å². The van der Waals surface area contributed by atoms with Gasteiger partial charge in [0.15, 0.2) is 17.3 Å². The van der Waals surface area contributed by atoms with Gasteiger partial charge in [0.2, 0.25) is 5.95 Å². The molecule has 0 saturated heterocycles. The molecule has 0 bridgehead atoms. The minimum atomic E-state index is -0.405. The zero-order valence-electron chi connectivity index (χ0n) is 16.8. The molecule has 1 unspecified atom stereocenters. The molecule has 1 N–H and O–H groups in total. The standard InChI is InChI=1S/C22H21ClN4O3/c1-13-20(14(2)28)21(27-22(26-13)24-12-25-27)16-7-8-18(19(10-16)29-3)30-11-15-5-4-6-17(23)9-15/h4-10,12,21H,11H2,1-3H3,(H,24,25,26). The molecule has 0 spiro atoms. The van der Waals surface area contributed by atoms with Gasteiger partial charge in [0.25, 0.3) is 0 Å². The van der Waals surface area contributed by atoms with E-state index < -0.39 is 6.04 Å². The summed E-state index contributed by atoms with van der Waals surface area (Å²) < 4.78 is 13.2. The number of anilines is 1. The number of benzene rings is 2. The van der Waals surface area contributed by atoms with Gasteiger partial charge in [-0.05, 0) is 49.2 Å². The smallest absolute Gasteiger partial charge is 0.226 e. The van der Waals surface area contributed by atoms with Gasteiger partial charge in [-0.3, -0.25) is 4.79 Å². The van der Waals surface area contributed by atoms with E-state index in [1.807, 2.05) is 49.4 Å². The van der Waals surface area contributed by atoms with Gasteiger partial charge in [0, 0.05) is 16.3 Å². The number of hydrogen-bond acceptors (Lipinski definition) is 6. The molecule has 1 aliphatic rings. The number of nitrogens with zero attached hydrogens (tertiary/aromatic N) is 3. The molecule has 1 atom stereocenters. The molecule has 4 rings (SSSR count). The molecule has 3 aromatic rings. The second-order valence-corrected chi connectivity index (χ2v) is 7.42. The van der Waals surface area contributed by atoms with Crippen molar-refractivity contribution in [2.75, 3.05) is 12.4 Å². The number of hydrogen-bond donors (Lipinski definition) is 1. The zero-order valence-corrected chi connectivity index (χ0v) is 17.6. The Morgan fingerprint density at radius 2 is 2.07 bits per heavy atom. The number of Topliss-reactive ketones (excluding diaryl/α,β-unsaturated/α-hetero) is 1. The molecule has 0 amide bonds. The maximum atomic E-state index is 12.4. The van der Waals surface area contributed by atoms with Crippen molar-refractivity contribution in [2.45, 2.75) is 26.5 Å². The van der Waals surface area contributed by atoms with Gasteiger partial charge < -0.3 is 14.8 Å². The summed E-state index contributed by atoms with van der Waals surface area (Å²) in [6.45, 7) is 3.77. The molecule has 0 aliphatic carbocycles. The molecule has 1 aliphatic heterocycles. The third kappa shape index (κ3) is 3.76. The zero-order chi connectivity index (χ0) is 21.3. The summed E-state index contributed by atoms with van der Waals surface area (Å²) in [5.41, 5.74) is 3.19. The van der Waals surface area contributed by atoms with Crippen molar-refractivity contribution >= 4 is 23.3 Å². The summed E-state index contributed by atoms with van der Waals surface area (Å²) in [5.74, 6) is 1.71. The predicted molar refractivity (Wildman–Crippen MR) is 114 cm³/mol. The average molecular weight is 425 g/mol. The molecular weight excluding hydrogens is 404 g/mol. The van der Waals surface area contributed by atoms with Crippen molar-refractivity contribution in [1.82, 2.24) is 14.8 Å². The van der Waals surface area contributed by atoms with Crippen LogP contribution in [0.2, 0.25) is 5.02 Å². The quantitative estimate of drug-likeness (QED) is 0.632. The number of aromatic nitrogens is 3. The fraction of sp³-hybridized carbons (Fsp3) is 0.227. The fourth-order valence-electron chi connectivity index (χ4n) is 3.62. The Balaban J connectivity index is 1.68. The van der Waals surface area contributed by atoms with Crippen LogP contribution >= 0.6 is 11.6 Å². The van der Waals surface area contributed by atoms with Gasteiger partial charge in [0.05, 0.1) is 7.11 Å². The van der Waals surface area contributed by atoms with Gasteiger partial charge in [-0.25, -0.2) is 4.68 Å². The highest BCUT2D eigenvalue weighted by molar-refractivity contribution is 6.30. The monoisotopic (exact) mass is 424 g/mol. The highest BCUT2D eigenvalue weighted by atomic mass is 35.5. The van der Waals surface area contributed by atoms with E-state index in [1.54, 1.807) is 18.7 Å². The van der Waals surface area contributed by atoms with Gasteiger partial charge >= 0.3 is 0 Å². The fourth-order valence-corrected chi connectivity index (χ4v) is 3.83. The molecule has 2 aromatic carbocycles. The maximum absolute atomic E-state index is 12.4. The largest absolute Gasteiger partial charge is 0.493 e. The number of rotatable bonds is 6. The molecule has 0 radical (unpaired) electrons. The van der Waals surface area contributed by atoms with Crippen LogP contribution in [-0.4, -0.2) is 27.7 Å². The minimum absolute atomic E-state index is 0.0357. The molecular formula is C22H21ClN4O3. The topological polar surface area (TPSA) is 78.3 Å². The molecule has 7 nitrogen and oxygen atoms in total. The number of methoxy groups -OCH3 is 1. The first-order chi connectivity index (χ1) is 14.5. The van der Waals surface area contributed by atoms with Crippen molar-refractivity contribution in [2.24, 2.45) is 0 Å². The van der Waals surface area contributed by atoms with E-state index in [9.17, 15) is 4.79 Å². The van der Waals surface area contributed by atoms with Gasteiger partial charge in [-0.2, -0.15) is 10.1 Å². The normalized spacial score (nSPS) is 15.4. The number of carbonyl (C=O) groups is 1. The average Bonchev–Trinajstić information content (AvgIpc) is 3.19. The molecule has 1 aromatic heterocycles. The second-order valence-electron chi connectivity index (χ2n) is 6.98. The van der Waals surface area contributed by atoms with Crippen LogP contribution in [0, 0.1) is 0 Å². The van der Waals surface area contributed by atoms with Crippen LogP contribution in [-0.2, 0) is 11.4 Å². The lowest BCUT2D eigenvalue weighted by Gasteiger charge is -2.28. The maximum Gasteiger partial charge on any atom is 0.226 e. The van der Waals surface area contributed by atoms with Crippen LogP contribution in [0.1, 0.15) is 31.0 Å². The predicted octanol–water partition coefficient (Wildman–Crippen LogP) is 4.40. The van der Waals surface area contributed by atoms with E-state index in [0.29, 0.717) is 34.6 Å². The summed E-state index contributed by atoms with van der Waals surface area (Å²) in [6.07, 6.45) is 1.46. The molecule has 2 heterocycles. The number of fused-ring (bicyclic) bond motifs is 1. The Morgan fingerprint density at radius 1 is 1.23 bits per heavy atom. The van der Waals surface area contributed by atoms with Crippen LogP contribution in [0.5, 0.6) is 11.5 Å². The van der Waals surface area contributed by atoms with E-state index >= 15 is 0 Å². The van der Waals surface area contributed by atoms with Crippen LogP contribution in [0.3, 0.4) is 0 Å². The van der Waals surface area contributed by atoms with E-state index in [1.165, 1.54) is 6.33 Å². The molecule has 8 heteroatoms. The Morgan fingerprint density at radius 3 is 2.80 bits per heavy atom. The lowest BCUT2D eigenvalue weighted by atomic mass is 9.93. The van der Waals surface area contributed by atoms with Crippen molar-refractivity contribution in [3.05, 3.63) is 76.2 Å². The Hall–Kier alpha value is -3.32. The Bertz CT molecular complexity index is 1140. The SMILES string of the molecule is COc1cc(C2C(C(C)=O)=C(C)Nc3ncnn32)ccc1OCc1cccc(Cl)c1. The van der Waals surface area contributed by atoms with E-state index in [2.05, 4.69) is 15.4 Å². The van der Waals surface area contributed by atoms with Crippen molar-refractivity contribution < 1.29 is 14.3 Å². The van der Waals surface area contributed by atoms with E-state index in [0.717, 1.165) is 16.8 Å². The molecule has 0 saturated carbocycles. The number of ether oxygens (including phenoxy) is 2. The first kappa shape index (κ1) is 20.0. The van der Waals surface area contributed by atoms with Crippen LogP contribution in [0.15, 0.2) is 60.1 Å². The first-order valence-electron chi connectivity index (χ1n) is 9.41. The summed E-state index contributed by atoms with van der Waals surface area (Å²) in [4.78, 5) is 16.6. The highest BCUT2D eigenvalue weighted by Crippen LogP contribution is 2.38. The third-order valence-corrected chi connectivity index (χ3v) is 5.20. The number of ketones is 1. The highest BCUT2D eigenvalue weighted by Gasteiger charge is 2.32. The Labute approximate surface area is 179 Å². The van der Waals surface area contributed by atoms with Crippen LogP contribution < -0.4 is 14.8 Å². The van der Waals surface area contributed by atoms with Crippen LogP contribution in [0.25, 0.3) is 0 Å². The van der Waals surface area contributed by atoms with E-state index in [4.69, 9.17) is 21.1 Å². The first-order valence-corrected chi connectivity index (χ1v) is 9.79. The van der Waals surface area contributed by atoms with Crippen molar-refractivity contribution in [1.29, 1.82) is 0 Å². The van der Waals surface area contributed by atoms with Crippen molar-refractivity contribution in [3.63, 3.8) is 0 Å². The van der Waals surface area contributed by atoms with Gasteiger partial charge in [0.1, 0.15) is 19.0 Å². The lowest BCUT2D eigenvalue weighted by Crippen LogP contribution is -2.27. The molecule has 154 valence electrons. The summed E-state index contributed by atoms with van der Waals surface area (Å²) >= 11 is 6.04. The minimum Gasteiger partial charge on any atom is -0.493 e. The third-order valence-electron chi connectivity index (χ3n) is 4.96. The van der Waals surface area contributed by atoms with E-state index in [-0.39, 0.29) is 5.78 Å². The second kappa shape index (κ2) is 8.20. The number of allylic oxidation sites excluding steroid dienone is 2. The molecule has 30 heavy (non-hydrogen) atoms. The summed E-state index contributed by atoms with van der Waals surface area (Å²) in [6, 6.07) is 12.7. The summed E-state index contributed by atoms with van der Waals surface area (Å²) in [7, 11) is 1.58. The summed E-state index contributed by atoms with van der Waals surface area (Å²) in [5, 5.41) is 8.11. The lowest BCUT2D eigenvalue weighted by molar-refractivity contribution is -0.114. The van der Waals surface area contributed by atoms with Gasteiger partial charge in [-0.15, -0.1) is 0 Å².